The number of unbranched alkanes of at least 4 members (excludes halogenated alkanes) is 13. The van der Waals surface area contributed by atoms with Crippen molar-refractivity contribution in [2.45, 2.75) is 136 Å². The second kappa shape index (κ2) is 23.9. The molecule has 248 valence electrons. The number of esters is 2. The SMILES string of the molecule is CCCCCCCCCCCC(CC=CCCCCCCCC(=O)OCc1ccccc1)(C(=O)O)C(=O)OCc1ccccc1. The normalized spacial score (nSPS) is 12.6. The van der Waals surface area contributed by atoms with Gasteiger partial charge in [-0.05, 0) is 43.2 Å². The van der Waals surface area contributed by atoms with E-state index in [4.69, 9.17) is 9.47 Å². The van der Waals surface area contributed by atoms with E-state index in [1.54, 1.807) is 0 Å². The van der Waals surface area contributed by atoms with E-state index >= 15 is 0 Å². The maximum Gasteiger partial charge on any atom is 0.324 e. The van der Waals surface area contributed by atoms with E-state index in [2.05, 4.69) is 6.92 Å². The van der Waals surface area contributed by atoms with E-state index < -0.39 is 17.4 Å². The average Bonchev–Trinajstić information content (AvgIpc) is 3.06. The van der Waals surface area contributed by atoms with Crippen molar-refractivity contribution in [1.82, 2.24) is 0 Å². The summed E-state index contributed by atoms with van der Waals surface area (Å²) in [5.74, 6) is -1.91. The molecule has 0 spiro atoms. The highest BCUT2D eigenvalue weighted by Crippen LogP contribution is 2.33. The first-order valence-corrected chi connectivity index (χ1v) is 17.3. The molecule has 0 aromatic heterocycles. The van der Waals surface area contributed by atoms with Crippen molar-refractivity contribution in [2.24, 2.45) is 5.41 Å². The zero-order valence-corrected chi connectivity index (χ0v) is 27.6. The van der Waals surface area contributed by atoms with Gasteiger partial charge in [0.2, 0.25) is 0 Å². The Kier molecular flexibility index (Phi) is 20.1. The van der Waals surface area contributed by atoms with Crippen molar-refractivity contribution in [3.05, 3.63) is 83.9 Å². The van der Waals surface area contributed by atoms with E-state index in [9.17, 15) is 19.5 Å². The molecule has 0 amide bonds. The maximum atomic E-state index is 13.3. The third-order valence-electron chi connectivity index (χ3n) is 8.35. The third-order valence-corrected chi connectivity index (χ3v) is 8.35. The monoisotopic (exact) mass is 620 g/mol. The molecule has 2 aromatic carbocycles. The Bertz CT molecular complexity index is 1100. The number of hydrogen-bond acceptors (Lipinski definition) is 5. The Labute approximate surface area is 271 Å². The topological polar surface area (TPSA) is 89.9 Å². The van der Waals surface area contributed by atoms with Gasteiger partial charge in [0.05, 0.1) is 0 Å². The first-order valence-electron chi connectivity index (χ1n) is 17.3. The van der Waals surface area contributed by atoms with Crippen LogP contribution in [0.2, 0.25) is 0 Å². The zero-order chi connectivity index (χ0) is 32.4. The number of aliphatic carboxylic acids is 1. The standard InChI is InChI=1S/C39H56O6/c1-2-3-4-5-6-8-11-14-23-30-39(37(41)42,38(43)45-33-35-27-20-17-21-28-35)31-24-15-12-9-7-10-13-22-29-36(40)44-32-34-25-18-16-19-26-34/h15-21,24-28H,2-14,22-23,29-33H2,1H3,(H,41,42). The zero-order valence-electron chi connectivity index (χ0n) is 27.6. The predicted molar refractivity (Wildman–Crippen MR) is 180 cm³/mol. The summed E-state index contributed by atoms with van der Waals surface area (Å²) in [6.45, 7) is 2.61. The Morgan fingerprint density at radius 3 is 1.73 bits per heavy atom. The van der Waals surface area contributed by atoms with Gasteiger partial charge in [-0.15, -0.1) is 0 Å². The van der Waals surface area contributed by atoms with Gasteiger partial charge >= 0.3 is 17.9 Å². The van der Waals surface area contributed by atoms with E-state index in [-0.39, 0.29) is 25.4 Å². The lowest BCUT2D eigenvalue weighted by Crippen LogP contribution is -2.40. The Morgan fingerprint density at radius 2 is 1.16 bits per heavy atom. The smallest absolute Gasteiger partial charge is 0.324 e. The molecule has 6 nitrogen and oxygen atoms in total. The summed E-state index contributed by atoms with van der Waals surface area (Å²) in [5.41, 5.74) is 0.265. The minimum atomic E-state index is -1.57. The molecule has 6 heteroatoms. The Balaban J connectivity index is 1.74. The number of ether oxygens (including phenoxy) is 2. The van der Waals surface area contributed by atoms with Crippen LogP contribution in [0.5, 0.6) is 0 Å². The molecular formula is C39H56O6. The Hall–Kier alpha value is -3.41. The van der Waals surface area contributed by atoms with Crippen molar-refractivity contribution in [3.8, 4) is 0 Å². The summed E-state index contributed by atoms with van der Waals surface area (Å²) in [7, 11) is 0. The quantitative estimate of drug-likeness (QED) is 0.0487. The molecule has 1 unspecified atom stereocenters. The van der Waals surface area contributed by atoms with E-state index in [0.717, 1.165) is 68.9 Å². The average molecular weight is 621 g/mol. The van der Waals surface area contributed by atoms with Gasteiger partial charge in [-0.25, -0.2) is 0 Å². The van der Waals surface area contributed by atoms with Gasteiger partial charge in [-0.1, -0.05) is 157 Å². The molecule has 2 rings (SSSR count). The molecule has 0 aliphatic carbocycles. The van der Waals surface area contributed by atoms with Crippen LogP contribution in [0.3, 0.4) is 0 Å². The number of carbonyl (C=O) groups is 3. The molecular weight excluding hydrogens is 564 g/mol. The van der Waals surface area contributed by atoms with Gasteiger partial charge < -0.3 is 14.6 Å². The molecule has 0 aliphatic rings. The second-order valence-corrected chi connectivity index (χ2v) is 12.2. The van der Waals surface area contributed by atoms with Gasteiger partial charge in [0.25, 0.3) is 0 Å². The molecule has 45 heavy (non-hydrogen) atoms. The van der Waals surface area contributed by atoms with Gasteiger partial charge in [-0.2, -0.15) is 0 Å². The molecule has 0 heterocycles. The Morgan fingerprint density at radius 1 is 0.644 bits per heavy atom. The number of carbonyl (C=O) groups excluding carboxylic acids is 2. The fourth-order valence-electron chi connectivity index (χ4n) is 5.44. The lowest BCUT2D eigenvalue weighted by atomic mass is 9.79. The van der Waals surface area contributed by atoms with Crippen molar-refractivity contribution in [3.63, 3.8) is 0 Å². The maximum absolute atomic E-state index is 13.3. The lowest BCUT2D eigenvalue weighted by molar-refractivity contribution is -0.170. The number of carboxylic acids is 1. The van der Waals surface area contributed by atoms with Crippen LogP contribution in [0.4, 0.5) is 0 Å². The summed E-state index contributed by atoms with van der Waals surface area (Å²) >= 11 is 0. The van der Waals surface area contributed by atoms with Crippen LogP contribution in [0.25, 0.3) is 0 Å². The summed E-state index contributed by atoms with van der Waals surface area (Å²) in [4.78, 5) is 37.9. The fourth-order valence-corrected chi connectivity index (χ4v) is 5.44. The first kappa shape index (κ1) is 37.8. The van der Waals surface area contributed by atoms with E-state index in [1.165, 1.54) is 32.1 Å². The van der Waals surface area contributed by atoms with Crippen LogP contribution in [0.15, 0.2) is 72.8 Å². The second-order valence-electron chi connectivity index (χ2n) is 12.2. The number of benzene rings is 2. The minimum Gasteiger partial charge on any atom is -0.480 e. The lowest BCUT2D eigenvalue weighted by Gasteiger charge is -2.26. The van der Waals surface area contributed by atoms with Crippen LogP contribution < -0.4 is 0 Å². The molecule has 1 atom stereocenters. The number of carboxylic acid groups (broad SMARTS) is 1. The molecule has 0 bridgehead atoms. The van der Waals surface area contributed by atoms with Crippen LogP contribution in [0, 0.1) is 5.41 Å². The first-order chi connectivity index (χ1) is 22.0. The highest BCUT2D eigenvalue weighted by molar-refractivity contribution is 5.99. The summed E-state index contributed by atoms with van der Waals surface area (Å²) in [5, 5.41) is 10.3. The summed E-state index contributed by atoms with van der Waals surface area (Å²) < 4.78 is 10.9. The van der Waals surface area contributed by atoms with E-state index in [0.29, 0.717) is 19.4 Å². The molecule has 0 saturated carbocycles. The number of hydrogen-bond donors (Lipinski definition) is 1. The summed E-state index contributed by atoms with van der Waals surface area (Å²) in [6, 6.07) is 19.1. The highest BCUT2D eigenvalue weighted by atomic mass is 16.5. The van der Waals surface area contributed by atoms with Crippen molar-refractivity contribution in [1.29, 1.82) is 0 Å². The van der Waals surface area contributed by atoms with E-state index in [1.807, 2.05) is 72.8 Å². The minimum absolute atomic E-state index is 0.0704. The third kappa shape index (κ3) is 16.5. The number of rotatable bonds is 26. The van der Waals surface area contributed by atoms with Crippen molar-refractivity contribution in [2.75, 3.05) is 0 Å². The summed E-state index contributed by atoms with van der Waals surface area (Å²) in [6.07, 6.45) is 20.5. The van der Waals surface area contributed by atoms with Gasteiger partial charge in [0.15, 0.2) is 5.41 Å². The predicted octanol–water partition coefficient (Wildman–Crippen LogP) is 10.1. The molecule has 1 N–H and O–H groups in total. The van der Waals surface area contributed by atoms with Crippen molar-refractivity contribution >= 4 is 17.9 Å². The van der Waals surface area contributed by atoms with Crippen LogP contribution in [0.1, 0.15) is 134 Å². The largest absolute Gasteiger partial charge is 0.480 e. The van der Waals surface area contributed by atoms with Gasteiger partial charge in [0.1, 0.15) is 13.2 Å². The number of allylic oxidation sites excluding steroid dienone is 2. The molecule has 2 aromatic rings. The molecule has 0 fully saturated rings. The van der Waals surface area contributed by atoms with Gasteiger partial charge in [0, 0.05) is 6.42 Å². The van der Waals surface area contributed by atoms with Crippen LogP contribution in [-0.2, 0) is 37.1 Å². The molecule has 0 radical (unpaired) electrons. The van der Waals surface area contributed by atoms with Gasteiger partial charge in [-0.3, -0.25) is 14.4 Å². The molecule has 0 saturated heterocycles. The highest BCUT2D eigenvalue weighted by Gasteiger charge is 2.46. The fraction of sp³-hybridized carbons (Fsp3) is 0.564. The van der Waals surface area contributed by atoms with Crippen LogP contribution >= 0.6 is 0 Å². The van der Waals surface area contributed by atoms with Crippen molar-refractivity contribution < 1.29 is 29.0 Å². The van der Waals surface area contributed by atoms with Crippen LogP contribution in [-0.4, -0.2) is 23.0 Å². The molecule has 0 aliphatic heterocycles.